The van der Waals surface area contributed by atoms with Crippen LogP contribution in [0.15, 0.2) is 17.8 Å². The normalized spacial score (nSPS) is 15.4. The van der Waals surface area contributed by atoms with E-state index in [1.807, 2.05) is 0 Å². The number of primary amides is 1. The predicted octanol–water partition coefficient (Wildman–Crippen LogP) is 2.59. The van der Waals surface area contributed by atoms with E-state index in [2.05, 4.69) is 36.9 Å². The summed E-state index contributed by atoms with van der Waals surface area (Å²) in [6.07, 6.45) is 7.30. The second-order valence-corrected chi connectivity index (χ2v) is 5.18. The molecule has 0 bridgehead atoms. The Bertz CT molecular complexity index is 518. The van der Waals surface area contributed by atoms with Gasteiger partial charge in [0.05, 0.1) is 0 Å². The van der Waals surface area contributed by atoms with Gasteiger partial charge in [0.2, 0.25) is 0 Å². The maximum Gasteiger partial charge on any atom is 0.267 e. The van der Waals surface area contributed by atoms with Crippen molar-refractivity contribution in [2.75, 3.05) is 11.9 Å². The summed E-state index contributed by atoms with van der Waals surface area (Å²) in [7, 11) is 2.07. The number of hydrogen-bond donors (Lipinski definition) is 1. The minimum Gasteiger partial charge on any atom is -0.371 e. The molecule has 102 valence electrons. The fourth-order valence-corrected chi connectivity index (χ4v) is 2.03. The van der Waals surface area contributed by atoms with Crippen molar-refractivity contribution in [3.05, 3.63) is 29.1 Å². The molecular weight excluding hydrogens is 238 g/mol. The van der Waals surface area contributed by atoms with E-state index in [-0.39, 0.29) is 0 Å². The van der Waals surface area contributed by atoms with E-state index in [1.165, 1.54) is 18.4 Å². The quantitative estimate of drug-likeness (QED) is 0.884. The first-order chi connectivity index (χ1) is 9.02. The van der Waals surface area contributed by atoms with Gasteiger partial charge in [-0.1, -0.05) is 18.6 Å². The molecule has 0 spiro atoms. The molecule has 0 unspecified atom stereocenters. The number of amides is 1. The molecule has 1 heterocycles. The topological polar surface area (TPSA) is 59.2 Å². The highest BCUT2D eigenvalue weighted by Gasteiger charge is 2.28. The number of allylic oxidation sites excluding steroid dienone is 1. The predicted molar refractivity (Wildman–Crippen MR) is 78.1 cm³/mol. The molecule has 1 aliphatic rings. The Morgan fingerprint density at radius 2 is 2.26 bits per heavy atom. The summed E-state index contributed by atoms with van der Waals surface area (Å²) in [5.41, 5.74) is 9.03. The Morgan fingerprint density at radius 1 is 1.58 bits per heavy atom. The summed E-state index contributed by atoms with van der Waals surface area (Å²) in [6.45, 7) is 4.23. The Kier molecular flexibility index (Phi) is 3.88. The molecule has 1 aromatic heterocycles. The SMILES string of the molecule is CC/C(C)=C/c1cnc(C(N)=O)cc1N(C)C1CC1. The van der Waals surface area contributed by atoms with Crippen LogP contribution in [0.25, 0.3) is 6.08 Å². The lowest BCUT2D eigenvalue weighted by Crippen LogP contribution is -2.22. The van der Waals surface area contributed by atoms with Crippen molar-refractivity contribution in [2.45, 2.75) is 39.2 Å². The maximum absolute atomic E-state index is 11.3. The van der Waals surface area contributed by atoms with Crippen LogP contribution in [0.5, 0.6) is 0 Å². The average molecular weight is 259 g/mol. The first kappa shape index (κ1) is 13.6. The monoisotopic (exact) mass is 259 g/mol. The smallest absolute Gasteiger partial charge is 0.267 e. The van der Waals surface area contributed by atoms with Gasteiger partial charge in [-0.25, -0.2) is 0 Å². The molecule has 2 N–H and O–H groups in total. The van der Waals surface area contributed by atoms with Crippen LogP contribution >= 0.6 is 0 Å². The van der Waals surface area contributed by atoms with Crippen molar-refractivity contribution in [3.63, 3.8) is 0 Å². The number of rotatable bonds is 5. The molecule has 2 rings (SSSR count). The first-order valence-electron chi connectivity index (χ1n) is 6.72. The second kappa shape index (κ2) is 5.43. The molecule has 0 aliphatic heterocycles. The van der Waals surface area contributed by atoms with Gasteiger partial charge < -0.3 is 10.6 Å². The van der Waals surface area contributed by atoms with Crippen molar-refractivity contribution in [2.24, 2.45) is 5.73 Å². The first-order valence-corrected chi connectivity index (χ1v) is 6.72. The molecule has 4 heteroatoms. The standard InChI is InChI=1S/C15H21N3O/c1-4-10(2)7-11-9-17-13(15(16)19)8-14(11)18(3)12-5-6-12/h7-9,12H,4-6H2,1-3H3,(H2,16,19)/b10-7+. The highest BCUT2D eigenvalue weighted by molar-refractivity contribution is 5.92. The van der Waals surface area contributed by atoms with Crippen molar-refractivity contribution in [1.29, 1.82) is 0 Å². The summed E-state index contributed by atoms with van der Waals surface area (Å²) in [4.78, 5) is 17.6. The zero-order valence-corrected chi connectivity index (χ0v) is 11.8. The molecule has 0 saturated heterocycles. The third kappa shape index (κ3) is 3.13. The second-order valence-electron chi connectivity index (χ2n) is 5.18. The number of carbonyl (C=O) groups excluding carboxylic acids is 1. The lowest BCUT2D eigenvalue weighted by atomic mass is 10.1. The van der Waals surface area contributed by atoms with Gasteiger partial charge in [0.1, 0.15) is 5.69 Å². The molecule has 1 fully saturated rings. The Hall–Kier alpha value is -1.84. The zero-order valence-electron chi connectivity index (χ0n) is 11.8. The number of pyridine rings is 1. The zero-order chi connectivity index (χ0) is 14.0. The largest absolute Gasteiger partial charge is 0.371 e. The lowest BCUT2D eigenvalue weighted by molar-refractivity contribution is 0.0995. The molecule has 4 nitrogen and oxygen atoms in total. The van der Waals surface area contributed by atoms with E-state index in [0.717, 1.165) is 17.7 Å². The van der Waals surface area contributed by atoms with Crippen LogP contribution in [0.2, 0.25) is 0 Å². The van der Waals surface area contributed by atoms with E-state index in [9.17, 15) is 4.79 Å². The van der Waals surface area contributed by atoms with Gasteiger partial charge >= 0.3 is 0 Å². The fraction of sp³-hybridized carbons (Fsp3) is 0.467. The summed E-state index contributed by atoms with van der Waals surface area (Å²) >= 11 is 0. The average Bonchev–Trinajstić information content (AvgIpc) is 3.22. The Balaban J connectivity index is 2.43. The van der Waals surface area contributed by atoms with Crippen LogP contribution in [-0.2, 0) is 0 Å². The van der Waals surface area contributed by atoms with E-state index >= 15 is 0 Å². The van der Waals surface area contributed by atoms with Crippen LogP contribution in [0.3, 0.4) is 0 Å². The summed E-state index contributed by atoms with van der Waals surface area (Å²) in [6, 6.07) is 2.38. The fourth-order valence-electron chi connectivity index (χ4n) is 2.03. The van der Waals surface area contributed by atoms with Gasteiger partial charge in [0.25, 0.3) is 5.91 Å². The van der Waals surface area contributed by atoms with Gasteiger partial charge in [-0.15, -0.1) is 0 Å². The van der Waals surface area contributed by atoms with Crippen LogP contribution in [0.4, 0.5) is 5.69 Å². The molecule has 0 radical (unpaired) electrons. The molecule has 0 atom stereocenters. The maximum atomic E-state index is 11.3. The number of aromatic nitrogens is 1. The number of hydrogen-bond acceptors (Lipinski definition) is 3. The van der Waals surface area contributed by atoms with E-state index in [4.69, 9.17) is 5.73 Å². The van der Waals surface area contributed by atoms with E-state index < -0.39 is 5.91 Å². The van der Waals surface area contributed by atoms with Gasteiger partial charge in [-0.2, -0.15) is 0 Å². The minimum absolute atomic E-state index is 0.328. The highest BCUT2D eigenvalue weighted by atomic mass is 16.1. The Labute approximate surface area is 114 Å². The van der Waals surface area contributed by atoms with E-state index in [1.54, 1.807) is 12.3 Å². The number of nitrogens with zero attached hydrogens (tertiary/aromatic N) is 2. The third-order valence-corrected chi connectivity index (χ3v) is 3.60. The van der Waals surface area contributed by atoms with Gasteiger partial charge in [-0.05, 0) is 32.3 Å². The molecule has 1 amide bonds. The minimum atomic E-state index is -0.479. The molecule has 1 aliphatic carbocycles. The Morgan fingerprint density at radius 3 is 2.79 bits per heavy atom. The van der Waals surface area contributed by atoms with Gasteiger partial charge in [-0.3, -0.25) is 9.78 Å². The molecule has 0 aromatic carbocycles. The molecular formula is C15H21N3O. The summed E-state index contributed by atoms with van der Waals surface area (Å²) < 4.78 is 0. The highest BCUT2D eigenvalue weighted by Crippen LogP contribution is 2.33. The van der Waals surface area contributed by atoms with Crippen LogP contribution < -0.4 is 10.6 Å². The summed E-state index contributed by atoms with van der Waals surface area (Å²) in [5.74, 6) is -0.479. The van der Waals surface area contributed by atoms with Crippen molar-refractivity contribution >= 4 is 17.7 Å². The molecule has 19 heavy (non-hydrogen) atoms. The van der Waals surface area contributed by atoms with Crippen molar-refractivity contribution < 1.29 is 4.79 Å². The van der Waals surface area contributed by atoms with E-state index in [0.29, 0.717) is 11.7 Å². The van der Waals surface area contributed by atoms with Crippen LogP contribution in [-0.4, -0.2) is 24.0 Å². The number of anilines is 1. The summed E-state index contributed by atoms with van der Waals surface area (Å²) in [5, 5.41) is 0. The lowest BCUT2D eigenvalue weighted by Gasteiger charge is -2.21. The third-order valence-electron chi connectivity index (χ3n) is 3.60. The van der Waals surface area contributed by atoms with Crippen molar-refractivity contribution in [3.8, 4) is 0 Å². The van der Waals surface area contributed by atoms with Crippen LogP contribution in [0.1, 0.15) is 49.2 Å². The molecule has 1 aromatic rings. The molecule has 1 saturated carbocycles. The van der Waals surface area contributed by atoms with Gasteiger partial charge in [0.15, 0.2) is 0 Å². The number of nitrogens with two attached hydrogens (primary N) is 1. The van der Waals surface area contributed by atoms with Gasteiger partial charge in [0, 0.05) is 30.5 Å². The van der Waals surface area contributed by atoms with Crippen molar-refractivity contribution in [1.82, 2.24) is 4.98 Å². The van der Waals surface area contributed by atoms with Crippen LogP contribution in [0, 0.1) is 0 Å². The number of carbonyl (C=O) groups is 1.